The predicted molar refractivity (Wildman–Crippen MR) is 139 cm³/mol. The third kappa shape index (κ3) is 7.23. The molecule has 1 unspecified atom stereocenters. The highest BCUT2D eigenvalue weighted by atomic mass is 32.2. The highest BCUT2D eigenvalue weighted by Gasteiger charge is 2.19. The van der Waals surface area contributed by atoms with Crippen LogP contribution in [0.4, 0.5) is 0 Å². The van der Waals surface area contributed by atoms with E-state index in [0.717, 1.165) is 21.0 Å². The number of amides is 1. The summed E-state index contributed by atoms with van der Waals surface area (Å²) in [6.07, 6.45) is 0.697. The number of rotatable bonds is 11. The van der Waals surface area contributed by atoms with Crippen molar-refractivity contribution in [2.24, 2.45) is 0 Å². The predicted octanol–water partition coefficient (Wildman–Crippen LogP) is 3.23. The number of nitrogens with one attached hydrogen (secondary N) is 2. The monoisotopic (exact) mass is 529 g/mol. The molecular formula is C26H31N3O5S2. The van der Waals surface area contributed by atoms with Crippen molar-refractivity contribution in [1.82, 2.24) is 14.3 Å². The first kappa shape index (κ1) is 27.5. The van der Waals surface area contributed by atoms with E-state index in [1.54, 1.807) is 31.2 Å². The number of hydrogen-bond donors (Lipinski definition) is 2. The Morgan fingerprint density at radius 2 is 1.36 bits per heavy atom. The second kappa shape index (κ2) is 11.8. The zero-order valence-electron chi connectivity index (χ0n) is 20.5. The van der Waals surface area contributed by atoms with E-state index in [2.05, 4.69) is 10.0 Å². The quantitative estimate of drug-likeness (QED) is 0.396. The van der Waals surface area contributed by atoms with E-state index in [9.17, 15) is 21.6 Å². The third-order valence-corrected chi connectivity index (χ3v) is 9.08. The van der Waals surface area contributed by atoms with E-state index in [4.69, 9.17) is 0 Å². The number of hydrogen-bond acceptors (Lipinski definition) is 5. The standard InChI is InChI=1S/C26H31N3O5S2/c1-20(23-7-5-4-6-8-23)28-35(31,32)24-14-9-21(10-15-24)13-18-26(30)27-19-22-11-16-25(17-12-22)36(33,34)29(2)3/h4-12,14-17,20,28H,13,18-19H2,1-3H3,(H,27,30). The minimum Gasteiger partial charge on any atom is -0.352 e. The molecule has 0 heterocycles. The molecule has 0 saturated carbocycles. The first-order valence-electron chi connectivity index (χ1n) is 11.4. The van der Waals surface area contributed by atoms with Gasteiger partial charge in [0.25, 0.3) is 0 Å². The van der Waals surface area contributed by atoms with Gasteiger partial charge in [-0.3, -0.25) is 4.79 Å². The smallest absolute Gasteiger partial charge is 0.242 e. The molecular weight excluding hydrogens is 498 g/mol. The van der Waals surface area contributed by atoms with E-state index in [-0.39, 0.29) is 34.7 Å². The lowest BCUT2D eigenvalue weighted by Crippen LogP contribution is -2.26. The fraction of sp³-hybridized carbons (Fsp3) is 0.269. The van der Waals surface area contributed by atoms with E-state index < -0.39 is 20.0 Å². The molecule has 8 nitrogen and oxygen atoms in total. The van der Waals surface area contributed by atoms with Crippen molar-refractivity contribution in [3.05, 3.63) is 95.6 Å². The van der Waals surface area contributed by atoms with Crippen molar-refractivity contribution >= 4 is 26.0 Å². The molecule has 10 heteroatoms. The van der Waals surface area contributed by atoms with Gasteiger partial charge in [0.15, 0.2) is 0 Å². The second-order valence-electron chi connectivity index (χ2n) is 8.61. The Morgan fingerprint density at radius 1 is 0.806 bits per heavy atom. The van der Waals surface area contributed by atoms with Crippen molar-refractivity contribution in [2.75, 3.05) is 14.1 Å². The summed E-state index contributed by atoms with van der Waals surface area (Å²) < 4.78 is 53.5. The molecule has 3 aromatic carbocycles. The van der Waals surface area contributed by atoms with Crippen LogP contribution in [0.3, 0.4) is 0 Å². The van der Waals surface area contributed by atoms with E-state index in [1.165, 1.54) is 38.4 Å². The Kier molecular flexibility index (Phi) is 9.02. The van der Waals surface area contributed by atoms with Gasteiger partial charge in [-0.1, -0.05) is 54.6 Å². The first-order valence-corrected chi connectivity index (χ1v) is 14.4. The maximum absolute atomic E-state index is 12.7. The summed E-state index contributed by atoms with van der Waals surface area (Å²) in [7, 11) is -4.23. The van der Waals surface area contributed by atoms with Gasteiger partial charge in [-0.2, -0.15) is 0 Å². The number of carbonyl (C=O) groups is 1. The number of aryl methyl sites for hydroxylation is 1. The van der Waals surface area contributed by atoms with Gasteiger partial charge in [-0.25, -0.2) is 25.9 Å². The van der Waals surface area contributed by atoms with Crippen LogP contribution < -0.4 is 10.0 Å². The summed E-state index contributed by atoms with van der Waals surface area (Å²) in [6, 6.07) is 21.8. The number of nitrogens with zero attached hydrogens (tertiary/aromatic N) is 1. The van der Waals surface area contributed by atoms with Crippen molar-refractivity contribution in [1.29, 1.82) is 0 Å². The number of carbonyl (C=O) groups excluding carboxylic acids is 1. The van der Waals surface area contributed by atoms with Crippen LogP contribution in [0.15, 0.2) is 88.7 Å². The fourth-order valence-electron chi connectivity index (χ4n) is 3.48. The molecule has 3 rings (SSSR count). The maximum Gasteiger partial charge on any atom is 0.242 e. The van der Waals surface area contributed by atoms with Gasteiger partial charge in [0.2, 0.25) is 26.0 Å². The number of benzene rings is 3. The molecule has 0 spiro atoms. The van der Waals surface area contributed by atoms with Gasteiger partial charge in [-0.05, 0) is 54.3 Å². The first-order chi connectivity index (χ1) is 17.0. The van der Waals surface area contributed by atoms with Crippen LogP contribution in [0.2, 0.25) is 0 Å². The zero-order chi connectivity index (χ0) is 26.3. The van der Waals surface area contributed by atoms with Crippen molar-refractivity contribution < 1.29 is 21.6 Å². The third-order valence-electron chi connectivity index (χ3n) is 5.70. The molecule has 0 aliphatic rings. The Labute approximate surface area is 213 Å². The fourth-order valence-corrected chi connectivity index (χ4v) is 5.62. The average Bonchev–Trinajstić information content (AvgIpc) is 2.87. The molecule has 0 aliphatic carbocycles. The minimum atomic E-state index is -3.68. The lowest BCUT2D eigenvalue weighted by Gasteiger charge is -2.15. The van der Waals surface area contributed by atoms with Crippen LogP contribution in [0.5, 0.6) is 0 Å². The molecule has 2 N–H and O–H groups in total. The lowest BCUT2D eigenvalue weighted by atomic mass is 10.1. The largest absolute Gasteiger partial charge is 0.352 e. The molecule has 0 radical (unpaired) electrons. The van der Waals surface area contributed by atoms with Crippen LogP contribution in [-0.2, 0) is 37.8 Å². The number of sulfonamides is 2. The molecule has 0 bridgehead atoms. The van der Waals surface area contributed by atoms with Crippen LogP contribution in [0, 0.1) is 0 Å². The van der Waals surface area contributed by atoms with Gasteiger partial charge in [-0.15, -0.1) is 0 Å². The summed E-state index contributed by atoms with van der Waals surface area (Å²) in [5.74, 6) is -0.157. The average molecular weight is 530 g/mol. The van der Waals surface area contributed by atoms with Gasteiger partial charge in [0, 0.05) is 33.1 Å². The summed E-state index contributed by atoms with van der Waals surface area (Å²) in [4.78, 5) is 12.6. The summed E-state index contributed by atoms with van der Waals surface area (Å²) in [5.41, 5.74) is 2.50. The van der Waals surface area contributed by atoms with Gasteiger partial charge >= 0.3 is 0 Å². The SMILES string of the molecule is CC(NS(=O)(=O)c1ccc(CCC(=O)NCc2ccc(S(=O)(=O)N(C)C)cc2)cc1)c1ccccc1. The summed E-state index contributed by atoms with van der Waals surface area (Å²) in [5, 5.41) is 2.82. The van der Waals surface area contributed by atoms with Crippen LogP contribution in [0.1, 0.15) is 36.1 Å². The van der Waals surface area contributed by atoms with Crippen LogP contribution in [-0.4, -0.2) is 41.1 Å². The zero-order valence-corrected chi connectivity index (χ0v) is 22.1. The Morgan fingerprint density at radius 3 is 1.94 bits per heavy atom. The Hall–Kier alpha value is -3.05. The van der Waals surface area contributed by atoms with Crippen molar-refractivity contribution in [2.45, 2.75) is 42.1 Å². The summed E-state index contributed by atoms with van der Waals surface area (Å²) in [6.45, 7) is 2.07. The van der Waals surface area contributed by atoms with Crippen LogP contribution >= 0.6 is 0 Å². The minimum absolute atomic E-state index is 0.157. The molecule has 0 aromatic heterocycles. The van der Waals surface area contributed by atoms with Gasteiger partial charge in [0.05, 0.1) is 9.79 Å². The second-order valence-corrected chi connectivity index (χ2v) is 12.5. The highest BCUT2D eigenvalue weighted by Crippen LogP contribution is 2.18. The van der Waals surface area contributed by atoms with E-state index in [1.807, 2.05) is 30.3 Å². The maximum atomic E-state index is 12.7. The molecule has 0 saturated heterocycles. The molecule has 1 atom stereocenters. The normalized spacial score (nSPS) is 12.9. The Bertz CT molecular complexity index is 1370. The van der Waals surface area contributed by atoms with Crippen molar-refractivity contribution in [3.8, 4) is 0 Å². The molecule has 3 aromatic rings. The molecule has 0 fully saturated rings. The lowest BCUT2D eigenvalue weighted by molar-refractivity contribution is -0.121. The molecule has 36 heavy (non-hydrogen) atoms. The molecule has 192 valence electrons. The van der Waals surface area contributed by atoms with E-state index in [0.29, 0.717) is 6.42 Å². The van der Waals surface area contributed by atoms with Crippen molar-refractivity contribution in [3.63, 3.8) is 0 Å². The van der Waals surface area contributed by atoms with Crippen LogP contribution in [0.25, 0.3) is 0 Å². The highest BCUT2D eigenvalue weighted by molar-refractivity contribution is 7.89. The van der Waals surface area contributed by atoms with Gasteiger partial charge < -0.3 is 5.32 Å². The molecule has 0 aliphatic heterocycles. The Balaban J connectivity index is 1.49. The van der Waals surface area contributed by atoms with E-state index >= 15 is 0 Å². The molecule has 1 amide bonds. The summed E-state index contributed by atoms with van der Waals surface area (Å²) >= 11 is 0. The topological polar surface area (TPSA) is 113 Å². The van der Waals surface area contributed by atoms with Gasteiger partial charge in [0.1, 0.15) is 0 Å².